The molecule has 17 heavy (non-hydrogen) atoms. The fraction of sp³-hybridized carbons (Fsp3) is 0.400. The van der Waals surface area contributed by atoms with Gasteiger partial charge in [-0.3, -0.25) is 4.79 Å². The van der Waals surface area contributed by atoms with E-state index in [0.717, 1.165) is 10.8 Å². The summed E-state index contributed by atoms with van der Waals surface area (Å²) in [5.41, 5.74) is 1.42. The molecule has 1 aromatic carbocycles. The lowest BCUT2D eigenvalue weighted by atomic mass is 9.83. The number of pyridine rings is 1. The topological polar surface area (TPSA) is 32.9 Å². The predicted octanol–water partition coefficient (Wildman–Crippen LogP) is 3.58. The SMILES string of the molecule is O=c1[nH]ccc2cc(C3CCCCC3)ccc12. The third-order valence-electron chi connectivity index (χ3n) is 3.87. The van der Waals surface area contributed by atoms with Gasteiger partial charge in [-0.2, -0.15) is 0 Å². The number of aromatic nitrogens is 1. The minimum Gasteiger partial charge on any atom is -0.329 e. The molecule has 2 aromatic rings. The first-order valence-electron chi connectivity index (χ1n) is 6.46. The van der Waals surface area contributed by atoms with Crippen LogP contribution in [0.25, 0.3) is 10.8 Å². The summed E-state index contributed by atoms with van der Waals surface area (Å²) in [7, 11) is 0. The van der Waals surface area contributed by atoms with E-state index < -0.39 is 0 Å². The van der Waals surface area contributed by atoms with Crippen molar-refractivity contribution in [2.75, 3.05) is 0 Å². The van der Waals surface area contributed by atoms with Crippen LogP contribution in [-0.2, 0) is 0 Å². The van der Waals surface area contributed by atoms with Gasteiger partial charge < -0.3 is 4.98 Å². The normalized spacial score (nSPS) is 17.4. The van der Waals surface area contributed by atoms with Gasteiger partial charge in [0.05, 0.1) is 0 Å². The van der Waals surface area contributed by atoms with Crippen molar-refractivity contribution in [3.8, 4) is 0 Å². The summed E-state index contributed by atoms with van der Waals surface area (Å²) in [5.74, 6) is 0.701. The smallest absolute Gasteiger partial charge is 0.255 e. The van der Waals surface area contributed by atoms with Crippen LogP contribution in [0.15, 0.2) is 35.3 Å². The summed E-state index contributed by atoms with van der Waals surface area (Å²) in [6, 6.07) is 8.29. The van der Waals surface area contributed by atoms with Crippen molar-refractivity contribution in [1.29, 1.82) is 0 Å². The van der Waals surface area contributed by atoms with E-state index in [1.165, 1.54) is 37.7 Å². The van der Waals surface area contributed by atoms with E-state index in [0.29, 0.717) is 5.92 Å². The standard InChI is InChI=1S/C15H17NO/c17-15-14-7-6-12(10-13(14)8-9-16-15)11-4-2-1-3-5-11/h6-11H,1-5H2,(H,16,17). The van der Waals surface area contributed by atoms with Crippen LogP contribution in [0.1, 0.15) is 43.6 Å². The molecule has 2 nitrogen and oxygen atoms in total. The van der Waals surface area contributed by atoms with Crippen molar-refractivity contribution in [1.82, 2.24) is 4.98 Å². The second-order valence-corrected chi connectivity index (χ2v) is 4.99. The molecule has 0 radical (unpaired) electrons. The Morgan fingerprint density at radius 3 is 2.71 bits per heavy atom. The van der Waals surface area contributed by atoms with E-state index >= 15 is 0 Å². The van der Waals surface area contributed by atoms with Crippen LogP contribution in [0.2, 0.25) is 0 Å². The number of aromatic amines is 1. The van der Waals surface area contributed by atoms with Crippen molar-refractivity contribution < 1.29 is 0 Å². The molecular weight excluding hydrogens is 210 g/mol. The highest BCUT2D eigenvalue weighted by Crippen LogP contribution is 2.33. The van der Waals surface area contributed by atoms with Gasteiger partial charge in [-0.1, -0.05) is 31.4 Å². The summed E-state index contributed by atoms with van der Waals surface area (Å²) >= 11 is 0. The largest absolute Gasteiger partial charge is 0.329 e. The van der Waals surface area contributed by atoms with Crippen LogP contribution in [0.4, 0.5) is 0 Å². The van der Waals surface area contributed by atoms with E-state index in [-0.39, 0.29) is 5.56 Å². The van der Waals surface area contributed by atoms with Crippen LogP contribution in [-0.4, -0.2) is 4.98 Å². The lowest BCUT2D eigenvalue weighted by molar-refractivity contribution is 0.444. The molecule has 0 saturated heterocycles. The molecule has 88 valence electrons. The maximum absolute atomic E-state index is 11.6. The summed E-state index contributed by atoms with van der Waals surface area (Å²) in [5, 5.41) is 1.86. The zero-order chi connectivity index (χ0) is 11.7. The first kappa shape index (κ1) is 10.6. The van der Waals surface area contributed by atoms with Gasteiger partial charge in [0.1, 0.15) is 0 Å². The van der Waals surface area contributed by atoms with E-state index in [1.54, 1.807) is 6.20 Å². The maximum atomic E-state index is 11.6. The van der Waals surface area contributed by atoms with Gasteiger partial charge in [-0.25, -0.2) is 0 Å². The van der Waals surface area contributed by atoms with Crippen LogP contribution in [0.5, 0.6) is 0 Å². The highest BCUT2D eigenvalue weighted by molar-refractivity contribution is 5.82. The highest BCUT2D eigenvalue weighted by Gasteiger charge is 2.15. The molecule has 0 amide bonds. The van der Waals surface area contributed by atoms with E-state index in [4.69, 9.17) is 0 Å². The summed E-state index contributed by atoms with van der Waals surface area (Å²) in [6.45, 7) is 0. The molecule has 0 bridgehead atoms. The van der Waals surface area contributed by atoms with E-state index in [1.807, 2.05) is 12.1 Å². The Kier molecular flexibility index (Phi) is 2.71. The Hall–Kier alpha value is -1.57. The number of benzene rings is 1. The van der Waals surface area contributed by atoms with Crippen LogP contribution < -0.4 is 5.56 Å². The lowest BCUT2D eigenvalue weighted by Gasteiger charge is -2.22. The van der Waals surface area contributed by atoms with Gasteiger partial charge in [0.15, 0.2) is 0 Å². The Balaban J connectivity index is 2.04. The second kappa shape index (κ2) is 4.36. The first-order chi connectivity index (χ1) is 8.34. The zero-order valence-corrected chi connectivity index (χ0v) is 9.91. The van der Waals surface area contributed by atoms with E-state index in [9.17, 15) is 4.79 Å². The zero-order valence-electron chi connectivity index (χ0n) is 9.91. The average Bonchev–Trinajstić information content (AvgIpc) is 2.40. The molecule has 0 unspecified atom stereocenters. The lowest BCUT2D eigenvalue weighted by Crippen LogP contribution is -2.07. The Morgan fingerprint density at radius 1 is 1.06 bits per heavy atom. The van der Waals surface area contributed by atoms with E-state index in [2.05, 4.69) is 17.1 Å². The number of hydrogen-bond acceptors (Lipinski definition) is 1. The van der Waals surface area contributed by atoms with Crippen LogP contribution in [0, 0.1) is 0 Å². The van der Waals surface area contributed by atoms with Gasteiger partial charge >= 0.3 is 0 Å². The van der Waals surface area contributed by atoms with Crippen molar-refractivity contribution in [3.63, 3.8) is 0 Å². The Bertz CT molecular complexity index is 579. The summed E-state index contributed by atoms with van der Waals surface area (Å²) in [6.07, 6.45) is 8.40. The monoisotopic (exact) mass is 227 g/mol. The third kappa shape index (κ3) is 1.99. The van der Waals surface area contributed by atoms with Gasteiger partial charge in [-0.15, -0.1) is 0 Å². The molecule has 3 rings (SSSR count). The molecule has 2 heteroatoms. The molecule has 0 atom stereocenters. The molecule has 0 aliphatic heterocycles. The molecule has 1 heterocycles. The second-order valence-electron chi connectivity index (χ2n) is 4.99. The minimum atomic E-state index is 0.0118. The van der Waals surface area contributed by atoms with Crippen LogP contribution in [0.3, 0.4) is 0 Å². The number of H-pyrrole nitrogens is 1. The molecule has 1 saturated carbocycles. The molecular formula is C15H17NO. The molecule has 1 aliphatic rings. The van der Waals surface area contributed by atoms with Crippen molar-refractivity contribution in [3.05, 3.63) is 46.4 Å². The number of fused-ring (bicyclic) bond motifs is 1. The first-order valence-corrected chi connectivity index (χ1v) is 6.46. The fourth-order valence-corrected chi connectivity index (χ4v) is 2.90. The summed E-state index contributed by atoms with van der Waals surface area (Å²) < 4.78 is 0. The van der Waals surface area contributed by atoms with Crippen LogP contribution >= 0.6 is 0 Å². The van der Waals surface area contributed by atoms with Crippen molar-refractivity contribution in [2.24, 2.45) is 0 Å². The predicted molar refractivity (Wildman–Crippen MR) is 70.4 cm³/mol. The quantitative estimate of drug-likeness (QED) is 0.793. The minimum absolute atomic E-state index is 0.0118. The van der Waals surface area contributed by atoms with Gasteiger partial charge in [0.25, 0.3) is 5.56 Å². The molecule has 1 aliphatic carbocycles. The molecule has 1 fully saturated rings. The Morgan fingerprint density at radius 2 is 1.88 bits per heavy atom. The average molecular weight is 227 g/mol. The number of rotatable bonds is 1. The van der Waals surface area contributed by atoms with Crippen molar-refractivity contribution >= 4 is 10.8 Å². The fourth-order valence-electron chi connectivity index (χ4n) is 2.90. The van der Waals surface area contributed by atoms with Gasteiger partial charge in [-0.05, 0) is 41.8 Å². The third-order valence-corrected chi connectivity index (χ3v) is 3.87. The highest BCUT2D eigenvalue weighted by atomic mass is 16.1. The van der Waals surface area contributed by atoms with Gasteiger partial charge in [0.2, 0.25) is 0 Å². The number of hydrogen-bond donors (Lipinski definition) is 1. The number of nitrogens with one attached hydrogen (secondary N) is 1. The molecule has 1 N–H and O–H groups in total. The summed E-state index contributed by atoms with van der Waals surface area (Å²) in [4.78, 5) is 14.3. The molecule has 1 aromatic heterocycles. The Labute approximate surface area is 101 Å². The molecule has 0 spiro atoms. The van der Waals surface area contributed by atoms with Gasteiger partial charge in [0, 0.05) is 11.6 Å². The van der Waals surface area contributed by atoms with Crippen molar-refractivity contribution in [2.45, 2.75) is 38.0 Å². The maximum Gasteiger partial charge on any atom is 0.255 e.